The van der Waals surface area contributed by atoms with E-state index >= 15 is 0 Å². The predicted octanol–water partition coefficient (Wildman–Crippen LogP) is 1.77. The van der Waals surface area contributed by atoms with Crippen LogP contribution in [0.3, 0.4) is 0 Å². The van der Waals surface area contributed by atoms with Gasteiger partial charge in [-0.1, -0.05) is 30.3 Å². The summed E-state index contributed by atoms with van der Waals surface area (Å²) in [6.45, 7) is 0.982. The molecule has 216 valence electrons. The van der Waals surface area contributed by atoms with Gasteiger partial charge >= 0.3 is 0 Å². The number of piperidine rings is 1. The molecule has 7 rings (SSSR count). The van der Waals surface area contributed by atoms with Crippen LogP contribution in [0.2, 0.25) is 0 Å². The van der Waals surface area contributed by atoms with E-state index < -0.39 is 18.2 Å². The Balaban J connectivity index is 1.18. The van der Waals surface area contributed by atoms with Crippen molar-refractivity contribution in [2.45, 2.75) is 67.0 Å². The van der Waals surface area contributed by atoms with Gasteiger partial charge in [-0.25, -0.2) is 0 Å². The van der Waals surface area contributed by atoms with Crippen LogP contribution in [0.15, 0.2) is 54.6 Å². The summed E-state index contributed by atoms with van der Waals surface area (Å²) in [7, 11) is 3.26. The smallest absolute Gasteiger partial charge is 0.253 e. The van der Waals surface area contributed by atoms with Crippen LogP contribution in [-0.2, 0) is 16.6 Å². The molecule has 1 saturated carbocycles. The fourth-order valence-corrected chi connectivity index (χ4v) is 8.46. The SMILES string of the molecule is COC[C@@H]([C@@H](O)[C@@H](O)[C@H](N)Cc1ccccc1)[C@@H]1CC[C@@]23CC24c2nc5ccc(OC)cc5cc2C(=O)N[C@H]4CN13. The van der Waals surface area contributed by atoms with Gasteiger partial charge in [0, 0.05) is 42.6 Å². The molecule has 1 unspecified atom stereocenters. The molecular formula is C32H38N4O5. The average molecular weight is 559 g/mol. The number of rotatable bonds is 9. The van der Waals surface area contributed by atoms with Gasteiger partial charge < -0.3 is 30.7 Å². The first kappa shape index (κ1) is 26.8. The summed E-state index contributed by atoms with van der Waals surface area (Å²) in [4.78, 5) is 20.9. The largest absolute Gasteiger partial charge is 0.497 e. The number of methoxy groups -OCH3 is 2. The van der Waals surface area contributed by atoms with E-state index in [0.29, 0.717) is 25.1 Å². The summed E-state index contributed by atoms with van der Waals surface area (Å²) in [5, 5.41) is 26.9. The van der Waals surface area contributed by atoms with Gasteiger partial charge in [0.15, 0.2) is 0 Å². The molecule has 4 aliphatic rings. The first-order valence-corrected chi connectivity index (χ1v) is 14.5. The molecule has 8 atom stereocenters. The number of nitrogens with one attached hydrogen (secondary N) is 1. The monoisotopic (exact) mass is 558 g/mol. The number of carbonyl (C=O) groups is 1. The van der Waals surface area contributed by atoms with Crippen molar-refractivity contribution < 1.29 is 24.5 Å². The maximum absolute atomic E-state index is 13.3. The summed E-state index contributed by atoms with van der Waals surface area (Å²) >= 11 is 0. The second-order valence-electron chi connectivity index (χ2n) is 12.4. The quantitative estimate of drug-likeness (QED) is 0.313. The van der Waals surface area contributed by atoms with Gasteiger partial charge in [-0.2, -0.15) is 0 Å². The lowest BCUT2D eigenvalue weighted by atomic mass is 9.82. The highest BCUT2D eigenvalue weighted by atomic mass is 16.5. The van der Waals surface area contributed by atoms with E-state index in [4.69, 9.17) is 20.2 Å². The second kappa shape index (κ2) is 9.74. The third-order valence-corrected chi connectivity index (χ3v) is 10.4. The number of hydrogen-bond donors (Lipinski definition) is 4. The Morgan fingerprint density at radius 3 is 2.71 bits per heavy atom. The zero-order valence-electron chi connectivity index (χ0n) is 23.5. The molecule has 3 fully saturated rings. The molecular weight excluding hydrogens is 520 g/mol. The second-order valence-corrected chi connectivity index (χ2v) is 12.4. The number of nitrogens with two attached hydrogens (primary N) is 1. The van der Waals surface area contributed by atoms with Crippen LogP contribution in [-0.4, -0.2) is 89.2 Å². The lowest BCUT2D eigenvalue weighted by molar-refractivity contribution is -0.0716. The number of aliphatic hydroxyl groups is 2. The van der Waals surface area contributed by atoms with Crippen molar-refractivity contribution in [3.05, 3.63) is 71.4 Å². The van der Waals surface area contributed by atoms with Crippen LogP contribution in [0.25, 0.3) is 10.9 Å². The summed E-state index contributed by atoms with van der Waals surface area (Å²) in [6.07, 6.45) is 1.03. The van der Waals surface area contributed by atoms with E-state index in [9.17, 15) is 15.0 Å². The van der Waals surface area contributed by atoms with Crippen LogP contribution < -0.4 is 15.8 Å². The lowest BCUT2D eigenvalue weighted by Gasteiger charge is -2.38. The summed E-state index contributed by atoms with van der Waals surface area (Å²) < 4.78 is 11.0. The third-order valence-electron chi connectivity index (χ3n) is 10.4. The standard InChI is InChI=1S/C32H38N4O5/c1-40-16-22(27(37)28(38)23(33)12-18-6-4-3-5-7-18)25-10-11-31-17-32(31)26(15-36(25)31)35-30(39)21-14-19-13-20(41-2)8-9-24(19)34-29(21)32/h3-9,13-14,22-23,25-28,37-38H,10-12,15-17,33H2,1-2H3,(H,35,39)/t22-,23-,25+,26+,27-,28+,31-,32?/m1/s1. The maximum Gasteiger partial charge on any atom is 0.253 e. The molecule has 1 amide bonds. The summed E-state index contributed by atoms with van der Waals surface area (Å²) in [5.41, 5.74) is 9.42. The minimum absolute atomic E-state index is 0.0152. The number of pyridine rings is 1. The van der Waals surface area contributed by atoms with Crippen LogP contribution in [0.1, 0.15) is 40.9 Å². The van der Waals surface area contributed by atoms with E-state index in [1.54, 1.807) is 14.2 Å². The van der Waals surface area contributed by atoms with Gasteiger partial charge in [-0.15, -0.1) is 0 Å². The van der Waals surface area contributed by atoms with Crippen molar-refractivity contribution in [2.75, 3.05) is 27.4 Å². The molecule has 3 aromatic rings. The highest BCUT2D eigenvalue weighted by molar-refractivity contribution is 6.01. The fraction of sp³-hybridized carbons (Fsp3) is 0.500. The molecule has 1 aromatic heterocycles. The summed E-state index contributed by atoms with van der Waals surface area (Å²) in [6, 6.07) is 16.8. The first-order chi connectivity index (χ1) is 19.8. The van der Waals surface area contributed by atoms with Crippen molar-refractivity contribution in [2.24, 2.45) is 11.7 Å². The highest BCUT2D eigenvalue weighted by Gasteiger charge is 2.83. The van der Waals surface area contributed by atoms with E-state index in [0.717, 1.165) is 47.2 Å². The molecule has 3 aliphatic heterocycles. The maximum atomic E-state index is 13.3. The number of nitrogens with zero attached hydrogens (tertiary/aromatic N) is 2. The van der Waals surface area contributed by atoms with E-state index in [-0.39, 0.29) is 34.9 Å². The zero-order chi connectivity index (χ0) is 28.5. The highest BCUT2D eigenvalue weighted by Crippen LogP contribution is 2.73. The molecule has 1 aliphatic carbocycles. The number of benzene rings is 2. The molecule has 9 nitrogen and oxygen atoms in total. The van der Waals surface area contributed by atoms with Gasteiger partial charge in [0.05, 0.1) is 54.2 Å². The zero-order valence-corrected chi connectivity index (χ0v) is 23.5. The fourth-order valence-electron chi connectivity index (χ4n) is 8.46. The number of ether oxygens (including phenoxy) is 2. The van der Waals surface area contributed by atoms with Gasteiger partial charge in [0.1, 0.15) is 5.75 Å². The van der Waals surface area contributed by atoms with Crippen molar-refractivity contribution in [3.63, 3.8) is 0 Å². The van der Waals surface area contributed by atoms with E-state index in [2.05, 4.69) is 10.2 Å². The van der Waals surface area contributed by atoms with Gasteiger partial charge in [0.25, 0.3) is 5.91 Å². The average Bonchev–Trinajstić information content (AvgIpc) is 3.40. The van der Waals surface area contributed by atoms with Crippen LogP contribution in [0, 0.1) is 5.92 Å². The number of fused-ring (bicyclic) bond motifs is 2. The lowest BCUT2D eigenvalue weighted by Crippen LogP contribution is -2.54. The van der Waals surface area contributed by atoms with Gasteiger partial charge in [-0.3, -0.25) is 14.7 Å². The van der Waals surface area contributed by atoms with E-state index in [1.807, 2.05) is 54.6 Å². The minimum atomic E-state index is -1.10. The van der Waals surface area contributed by atoms with Crippen LogP contribution in [0.4, 0.5) is 0 Å². The Morgan fingerprint density at radius 1 is 1.15 bits per heavy atom. The Labute approximate surface area is 239 Å². The van der Waals surface area contributed by atoms with Crippen molar-refractivity contribution >= 4 is 16.8 Å². The van der Waals surface area contributed by atoms with Crippen molar-refractivity contribution in [1.29, 1.82) is 0 Å². The van der Waals surface area contributed by atoms with Crippen LogP contribution in [0.5, 0.6) is 5.75 Å². The van der Waals surface area contributed by atoms with Crippen LogP contribution >= 0.6 is 0 Å². The molecule has 4 heterocycles. The topological polar surface area (TPSA) is 130 Å². The molecule has 5 N–H and O–H groups in total. The van der Waals surface area contributed by atoms with Gasteiger partial charge in [-0.05, 0) is 55.5 Å². The molecule has 41 heavy (non-hydrogen) atoms. The Hall–Kier alpha value is -3.08. The van der Waals surface area contributed by atoms with E-state index in [1.165, 1.54) is 0 Å². The Morgan fingerprint density at radius 2 is 1.95 bits per heavy atom. The number of aliphatic hydroxyl groups excluding tert-OH is 2. The Kier molecular flexibility index (Phi) is 6.37. The minimum Gasteiger partial charge on any atom is -0.497 e. The molecule has 0 bridgehead atoms. The molecule has 2 saturated heterocycles. The number of aromatic nitrogens is 1. The van der Waals surface area contributed by atoms with Crippen molar-refractivity contribution in [1.82, 2.24) is 15.2 Å². The normalized spacial score (nSPS) is 30.9. The first-order valence-electron chi connectivity index (χ1n) is 14.5. The number of hydrogen-bond acceptors (Lipinski definition) is 8. The number of amides is 1. The predicted molar refractivity (Wildman–Crippen MR) is 154 cm³/mol. The molecule has 2 spiro atoms. The third kappa shape index (κ3) is 3.87. The van der Waals surface area contributed by atoms with Gasteiger partial charge in [0.2, 0.25) is 0 Å². The molecule has 2 aromatic carbocycles. The number of carbonyl (C=O) groups excluding carboxylic acids is 1. The van der Waals surface area contributed by atoms with Crippen molar-refractivity contribution in [3.8, 4) is 5.75 Å². The molecule has 0 radical (unpaired) electrons. The Bertz CT molecular complexity index is 1490. The summed E-state index contributed by atoms with van der Waals surface area (Å²) in [5.74, 6) is 0.304. The molecule has 9 heteroatoms.